The van der Waals surface area contributed by atoms with E-state index in [-0.39, 0.29) is 37.9 Å². The molecule has 0 spiro atoms. The molecule has 12 heteroatoms. The van der Waals surface area contributed by atoms with Gasteiger partial charge in [0, 0.05) is 17.2 Å². The highest BCUT2D eigenvalue weighted by atomic mass is 32.2. The van der Waals surface area contributed by atoms with Gasteiger partial charge in [-0.15, -0.1) is 11.3 Å². The molecule has 0 radical (unpaired) electrons. The molecule has 0 saturated carbocycles. The maximum atomic E-state index is 14.3. The average molecular weight is 551 g/mol. The molecule has 0 bridgehead atoms. The van der Waals surface area contributed by atoms with Gasteiger partial charge in [-0.1, -0.05) is 24.3 Å². The lowest BCUT2D eigenvalue weighted by atomic mass is 9.98. The third-order valence-electron chi connectivity index (χ3n) is 6.36. The minimum atomic E-state index is -4.92. The summed E-state index contributed by atoms with van der Waals surface area (Å²) in [7, 11) is 0. The molecule has 1 saturated heterocycles. The Balaban J connectivity index is 1.71. The third-order valence-corrected chi connectivity index (χ3v) is 8.48. The van der Waals surface area contributed by atoms with E-state index in [4.69, 9.17) is 0 Å². The van der Waals surface area contributed by atoms with Crippen LogP contribution in [0.3, 0.4) is 0 Å². The minimum Gasteiger partial charge on any atom is -0.292 e. The normalized spacial score (nSPS) is 18.3. The van der Waals surface area contributed by atoms with Crippen molar-refractivity contribution in [3.05, 3.63) is 65.0 Å². The van der Waals surface area contributed by atoms with E-state index in [0.29, 0.717) is 17.1 Å². The van der Waals surface area contributed by atoms with Gasteiger partial charge in [0.25, 0.3) is 17.2 Å². The molecule has 4 rings (SSSR count). The van der Waals surface area contributed by atoms with E-state index in [1.807, 2.05) is 24.3 Å². The smallest absolute Gasteiger partial charge is 0.292 e. The molecule has 1 aliphatic rings. The second-order valence-corrected chi connectivity index (χ2v) is 10.9. The van der Waals surface area contributed by atoms with Gasteiger partial charge in [-0.2, -0.15) is 13.2 Å². The molecule has 36 heavy (non-hydrogen) atoms. The van der Waals surface area contributed by atoms with Crippen molar-refractivity contribution in [2.24, 2.45) is 0 Å². The average Bonchev–Trinajstić information content (AvgIpc) is 3.12. The lowest BCUT2D eigenvalue weighted by Crippen LogP contribution is -2.52. The predicted octanol–water partition coefficient (Wildman–Crippen LogP) is 6.65. The molecule has 4 nitrogen and oxygen atoms in total. The van der Waals surface area contributed by atoms with Crippen molar-refractivity contribution >= 4 is 37.7 Å². The fourth-order valence-corrected chi connectivity index (χ4v) is 6.62. The molecule has 2 aromatic carbocycles. The first-order valence-corrected chi connectivity index (χ1v) is 13.1. The molecular weight excluding hydrogens is 526 g/mol. The number of hydrogen-bond donors (Lipinski definition) is 1. The second kappa shape index (κ2) is 10.3. The fraction of sp³-hybridized carbons (Fsp3) is 0.417. The van der Waals surface area contributed by atoms with Crippen molar-refractivity contribution in [1.29, 1.82) is 0 Å². The Kier molecular flexibility index (Phi) is 7.70. The molecule has 0 aliphatic carbocycles. The van der Waals surface area contributed by atoms with Crippen LogP contribution in [0.25, 0.3) is 10.1 Å². The number of aryl methyl sites for hydroxylation is 1. The maximum absolute atomic E-state index is 14.3. The Labute approximate surface area is 210 Å². The quantitative estimate of drug-likeness (QED) is 0.265. The highest BCUT2D eigenvalue weighted by Gasteiger charge is 2.39. The summed E-state index contributed by atoms with van der Waals surface area (Å²) in [6.07, 6.45) is -5.20. The number of fused-ring (bicyclic) bond motifs is 1. The second-order valence-electron chi connectivity index (χ2n) is 8.92. The molecule has 2 unspecified atom stereocenters. The van der Waals surface area contributed by atoms with E-state index >= 15 is 0 Å². The van der Waals surface area contributed by atoms with Gasteiger partial charge in [0.2, 0.25) is 0 Å². The fourth-order valence-electron chi connectivity index (χ4n) is 4.61. The standard InChI is InChI=1S/C24H24F6N2O2S2/c1-15-18-5-2-3-6-21(18)35-22(15)32(36(33)34)13-17(31-10-4-9-23(26,27)14-31)11-16-7-8-20(25)19(12-16)24(28,29)30/h2-3,5-8,12,17H,4,9-11,13-14H2,1H3,(H,33,34). The van der Waals surface area contributed by atoms with Crippen molar-refractivity contribution < 1.29 is 35.1 Å². The summed E-state index contributed by atoms with van der Waals surface area (Å²) in [5, 5.41) is 1.35. The molecular formula is C24H24F6N2O2S2. The number of benzene rings is 2. The molecule has 1 fully saturated rings. The number of rotatable bonds is 7. The van der Waals surface area contributed by atoms with Crippen LogP contribution in [-0.2, 0) is 23.9 Å². The lowest BCUT2D eigenvalue weighted by molar-refractivity contribution is -0.140. The summed E-state index contributed by atoms with van der Waals surface area (Å²) in [6.45, 7) is 1.23. The zero-order chi connectivity index (χ0) is 26.3. The Morgan fingerprint density at radius 3 is 2.58 bits per heavy atom. The minimum absolute atomic E-state index is 0.0966. The van der Waals surface area contributed by atoms with Gasteiger partial charge < -0.3 is 0 Å². The van der Waals surface area contributed by atoms with Crippen LogP contribution in [0.1, 0.15) is 29.5 Å². The van der Waals surface area contributed by atoms with Crippen molar-refractivity contribution in [1.82, 2.24) is 4.90 Å². The maximum Gasteiger partial charge on any atom is 0.419 e. The molecule has 1 N–H and O–H groups in total. The number of likely N-dealkylation sites (tertiary alicyclic amines) is 1. The first-order valence-electron chi connectivity index (χ1n) is 11.2. The van der Waals surface area contributed by atoms with Crippen LogP contribution in [0.5, 0.6) is 0 Å². The predicted molar refractivity (Wildman–Crippen MR) is 129 cm³/mol. The zero-order valence-electron chi connectivity index (χ0n) is 19.2. The number of thiophene rings is 1. The van der Waals surface area contributed by atoms with Crippen molar-refractivity contribution in [2.45, 2.75) is 44.3 Å². The summed E-state index contributed by atoms with van der Waals surface area (Å²) >= 11 is -1.26. The first kappa shape index (κ1) is 26.9. The van der Waals surface area contributed by atoms with Crippen LogP contribution in [0.2, 0.25) is 0 Å². The van der Waals surface area contributed by atoms with Crippen LogP contribution in [0.15, 0.2) is 42.5 Å². The van der Waals surface area contributed by atoms with Crippen LogP contribution >= 0.6 is 11.3 Å². The van der Waals surface area contributed by atoms with Gasteiger partial charge in [0.15, 0.2) is 0 Å². The number of anilines is 1. The Hall–Kier alpha value is -2.15. The van der Waals surface area contributed by atoms with Crippen LogP contribution in [0, 0.1) is 12.7 Å². The number of piperidine rings is 1. The van der Waals surface area contributed by atoms with Crippen LogP contribution in [0.4, 0.5) is 31.3 Å². The highest BCUT2D eigenvalue weighted by Crippen LogP contribution is 2.39. The van der Waals surface area contributed by atoms with Crippen molar-refractivity contribution in [2.75, 3.05) is 23.9 Å². The molecule has 3 aromatic rings. The number of halogens is 6. The van der Waals surface area contributed by atoms with Gasteiger partial charge in [-0.25, -0.2) is 17.4 Å². The number of hydrogen-bond acceptors (Lipinski definition) is 3. The SMILES string of the molecule is Cc1c(N(CC(Cc2ccc(F)c(C(F)(F)F)c2)N2CCCC(F)(F)C2)S(=O)O)sc2ccccc12. The van der Waals surface area contributed by atoms with Gasteiger partial charge >= 0.3 is 6.18 Å². The summed E-state index contributed by atoms with van der Waals surface area (Å²) in [4.78, 5) is 1.45. The molecule has 0 amide bonds. The summed E-state index contributed by atoms with van der Waals surface area (Å²) in [5.74, 6) is -4.42. The largest absolute Gasteiger partial charge is 0.419 e. The van der Waals surface area contributed by atoms with E-state index in [9.17, 15) is 35.1 Å². The Bertz CT molecular complexity index is 1260. The monoisotopic (exact) mass is 550 g/mol. The van der Waals surface area contributed by atoms with E-state index in [2.05, 4.69) is 0 Å². The van der Waals surface area contributed by atoms with Gasteiger partial charge in [-0.3, -0.25) is 13.8 Å². The molecule has 196 valence electrons. The zero-order valence-corrected chi connectivity index (χ0v) is 20.8. The summed E-state index contributed by atoms with van der Waals surface area (Å²) < 4.78 is 107. The molecule has 2 heterocycles. The first-order chi connectivity index (χ1) is 16.9. The van der Waals surface area contributed by atoms with Gasteiger partial charge in [0.1, 0.15) is 10.8 Å². The van der Waals surface area contributed by atoms with Gasteiger partial charge in [-0.05, 0) is 61.0 Å². The van der Waals surface area contributed by atoms with Gasteiger partial charge in [0.05, 0.1) is 18.7 Å². The Morgan fingerprint density at radius 1 is 1.22 bits per heavy atom. The molecule has 1 aliphatic heterocycles. The highest BCUT2D eigenvalue weighted by molar-refractivity contribution is 7.81. The Morgan fingerprint density at radius 2 is 1.94 bits per heavy atom. The lowest BCUT2D eigenvalue weighted by Gasteiger charge is -2.39. The summed E-state index contributed by atoms with van der Waals surface area (Å²) in [6, 6.07) is 9.12. The number of nitrogens with zero attached hydrogens (tertiary/aromatic N) is 2. The molecule has 1 aromatic heterocycles. The van der Waals surface area contributed by atoms with E-state index in [0.717, 1.165) is 15.6 Å². The van der Waals surface area contributed by atoms with E-state index in [1.165, 1.54) is 26.6 Å². The van der Waals surface area contributed by atoms with Crippen LogP contribution < -0.4 is 4.31 Å². The summed E-state index contributed by atoms with van der Waals surface area (Å²) in [5.41, 5.74) is -0.605. The van der Waals surface area contributed by atoms with Crippen LogP contribution in [-0.4, -0.2) is 45.3 Å². The third kappa shape index (κ3) is 5.87. The van der Waals surface area contributed by atoms with E-state index in [1.54, 1.807) is 6.92 Å². The molecule has 2 atom stereocenters. The van der Waals surface area contributed by atoms with E-state index < -0.39 is 47.3 Å². The number of alkyl halides is 5. The van der Waals surface area contributed by atoms with Crippen molar-refractivity contribution in [3.8, 4) is 0 Å². The topological polar surface area (TPSA) is 43.8 Å². The van der Waals surface area contributed by atoms with Crippen molar-refractivity contribution in [3.63, 3.8) is 0 Å².